The minimum atomic E-state index is -1.11. The van der Waals surface area contributed by atoms with Gasteiger partial charge in [-0.3, -0.25) is 9.59 Å². The molecule has 0 aromatic heterocycles. The summed E-state index contributed by atoms with van der Waals surface area (Å²) >= 11 is 0. The molecule has 29 heavy (non-hydrogen) atoms. The van der Waals surface area contributed by atoms with Crippen LogP contribution in [-0.4, -0.2) is 82.1 Å². The number of ether oxygens (including phenoxy) is 1. The maximum absolute atomic E-state index is 10.1. The van der Waals surface area contributed by atoms with Gasteiger partial charge in [0.2, 0.25) is 0 Å². The molecule has 0 unspecified atom stereocenters. The number of aliphatic hydroxyl groups is 4. The zero-order valence-electron chi connectivity index (χ0n) is 17.1. The van der Waals surface area contributed by atoms with Crippen LogP contribution in [0.25, 0.3) is 0 Å². The third kappa shape index (κ3) is 24.0. The average molecular weight is 424 g/mol. The number of carbonyl (C=O) groups is 3. The summed E-state index contributed by atoms with van der Waals surface area (Å²) in [5, 5.41) is 50.7. The molecule has 0 spiro atoms. The zero-order valence-corrected chi connectivity index (χ0v) is 17.1. The fourth-order valence-electron chi connectivity index (χ4n) is 1.64. The van der Waals surface area contributed by atoms with Crippen LogP contribution in [0, 0.1) is 5.41 Å². The van der Waals surface area contributed by atoms with Gasteiger partial charge in [0.05, 0.1) is 39.0 Å². The molecule has 0 radical (unpaired) electrons. The SMILES string of the molecule is C=CC(=O)OC.O=C(O)CCCCCCCCC(=O)O.OCC(CO)(CO)CO. The summed E-state index contributed by atoms with van der Waals surface area (Å²) in [6, 6.07) is 0. The number of aliphatic hydroxyl groups excluding tert-OH is 4. The molecule has 0 aliphatic heterocycles. The van der Waals surface area contributed by atoms with Crippen molar-refractivity contribution in [3.63, 3.8) is 0 Å². The Balaban J connectivity index is -0.000000386. The number of carbonyl (C=O) groups excluding carboxylic acids is 1. The fraction of sp³-hybridized carbons (Fsp3) is 0.737. The van der Waals surface area contributed by atoms with Crippen molar-refractivity contribution < 1.29 is 49.8 Å². The minimum Gasteiger partial charge on any atom is -0.481 e. The Labute approximate surface area is 171 Å². The molecule has 10 heteroatoms. The maximum Gasteiger partial charge on any atom is 0.329 e. The molecule has 0 atom stereocenters. The van der Waals surface area contributed by atoms with Crippen molar-refractivity contribution >= 4 is 17.9 Å². The predicted molar refractivity (Wildman–Crippen MR) is 105 cm³/mol. The van der Waals surface area contributed by atoms with Gasteiger partial charge in [0.25, 0.3) is 0 Å². The third-order valence-electron chi connectivity index (χ3n) is 3.74. The van der Waals surface area contributed by atoms with E-state index in [1.807, 2.05) is 0 Å². The van der Waals surface area contributed by atoms with Crippen LogP contribution in [0.5, 0.6) is 0 Å². The van der Waals surface area contributed by atoms with Crippen LogP contribution in [0.4, 0.5) is 0 Å². The van der Waals surface area contributed by atoms with Gasteiger partial charge >= 0.3 is 17.9 Å². The second-order valence-electron chi connectivity index (χ2n) is 6.27. The number of carboxylic acids is 2. The standard InChI is InChI=1S/C10H18O4.C5H12O4.C4H6O2/c11-9(12)7-5-3-1-2-4-6-8-10(13)14;6-1-5(2-7,3-8)4-9;1-3-4(5)6-2/h1-8H2,(H,11,12)(H,13,14);6-9H,1-4H2;3H,1H2,2H3. The zero-order chi connectivity index (χ0) is 23.1. The molecule has 0 heterocycles. The van der Waals surface area contributed by atoms with Crippen LogP contribution < -0.4 is 0 Å². The molecule has 0 aliphatic rings. The lowest BCUT2D eigenvalue weighted by Gasteiger charge is -2.23. The molecule has 0 bridgehead atoms. The lowest BCUT2D eigenvalue weighted by atomic mass is 9.93. The lowest BCUT2D eigenvalue weighted by molar-refractivity contribution is -0.138. The molecular weight excluding hydrogens is 388 g/mol. The minimum absolute atomic E-state index is 0.245. The van der Waals surface area contributed by atoms with E-state index in [9.17, 15) is 14.4 Å². The van der Waals surface area contributed by atoms with Gasteiger partial charge in [-0.1, -0.05) is 32.3 Å². The second kappa shape index (κ2) is 22.3. The van der Waals surface area contributed by atoms with E-state index in [1.165, 1.54) is 7.11 Å². The first kappa shape index (κ1) is 31.7. The Hall–Kier alpha value is -2.01. The molecule has 172 valence electrons. The molecule has 0 aliphatic carbocycles. The molecule has 0 fully saturated rings. The summed E-state index contributed by atoms with van der Waals surface area (Å²) in [5.74, 6) is -1.87. The van der Waals surface area contributed by atoms with Gasteiger partial charge < -0.3 is 35.4 Å². The topological polar surface area (TPSA) is 182 Å². The Morgan fingerprint density at radius 3 is 1.21 bits per heavy atom. The molecule has 0 amide bonds. The maximum atomic E-state index is 10.1. The molecule has 10 nitrogen and oxygen atoms in total. The van der Waals surface area contributed by atoms with Gasteiger partial charge in [-0.2, -0.15) is 0 Å². The van der Waals surface area contributed by atoms with Crippen molar-refractivity contribution in [1.82, 2.24) is 0 Å². The molecule has 0 saturated heterocycles. The molecule has 0 rings (SSSR count). The van der Waals surface area contributed by atoms with Crippen LogP contribution in [0.15, 0.2) is 12.7 Å². The molecule has 0 aromatic rings. The number of unbranched alkanes of at least 4 members (excludes halogenated alkanes) is 5. The van der Waals surface area contributed by atoms with Crippen LogP contribution in [0.2, 0.25) is 0 Å². The Morgan fingerprint density at radius 2 is 1.07 bits per heavy atom. The van der Waals surface area contributed by atoms with E-state index in [1.54, 1.807) is 0 Å². The Bertz CT molecular complexity index is 395. The first-order valence-electron chi connectivity index (χ1n) is 9.26. The van der Waals surface area contributed by atoms with Gasteiger partial charge in [-0.15, -0.1) is 0 Å². The highest BCUT2D eigenvalue weighted by Gasteiger charge is 2.26. The first-order chi connectivity index (χ1) is 13.7. The van der Waals surface area contributed by atoms with Crippen molar-refractivity contribution in [2.45, 2.75) is 51.4 Å². The van der Waals surface area contributed by atoms with Crippen LogP contribution in [0.1, 0.15) is 51.4 Å². The second-order valence-corrected chi connectivity index (χ2v) is 6.27. The number of hydrogen-bond acceptors (Lipinski definition) is 8. The van der Waals surface area contributed by atoms with Gasteiger partial charge in [-0.05, 0) is 12.8 Å². The van der Waals surface area contributed by atoms with E-state index in [2.05, 4.69) is 11.3 Å². The quantitative estimate of drug-likeness (QED) is 0.131. The van der Waals surface area contributed by atoms with Crippen molar-refractivity contribution in [3.05, 3.63) is 12.7 Å². The monoisotopic (exact) mass is 424 g/mol. The lowest BCUT2D eigenvalue weighted by Crippen LogP contribution is -2.37. The summed E-state index contributed by atoms with van der Waals surface area (Å²) in [6.07, 6.45) is 6.94. The summed E-state index contributed by atoms with van der Waals surface area (Å²) < 4.78 is 4.14. The Kier molecular flexibility index (Phi) is 24.3. The molecule has 0 aromatic carbocycles. The number of methoxy groups -OCH3 is 1. The summed E-state index contributed by atoms with van der Waals surface area (Å²) in [5.41, 5.74) is -1.11. The third-order valence-corrected chi connectivity index (χ3v) is 3.74. The number of aliphatic carboxylic acids is 2. The summed E-state index contributed by atoms with van der Waals surface area (Å²) in [4.78, 5) is 30.1. The first-order valence-corrected chi connectivity index (χ1v) is 9.26. The van der Waals surface area contributed by atoms with Crippen LogP contribution in [0.3, 0.4) is 0 Å². The van der Waals surface area contributed by atoms with Gasteiger partial charge in [0.15, 0.2) is 0 Å². The van der Waals surface area contributed by atoms with E-state index in [4.69, 9.17) is 30.6 Å². The molecule has 0 saturated carbocycles. The van der Waals surface area contributed by atoms with E-state index >= 15 is 0 Å². The Morgan fingerprint density at radius 1 is 0.759 bits per heavy atom. The van der Waals surface area contributed by atoms with Crippen LogP contribution >= 0.6 is 0 Å². The molecule has 6 N–H and O–H groups in total. The highest BCUT2D eigenvalue weighted by molar-refractivity contribution is 5.80. The predicted octanol–water partition coefficient (Wildman–Crippen LogP) is 0.564. The fourth-order valence-corrected chi connectivity index (χ4v) is 1.64. The van der Waals surface area contributed by atoms with Gasteiger partial charge in [0, 0.05) is 18.9 Å². The largest absolute Gasteiger partial charge is 0.481 e. The summed E-state index contributed by atoms with van der Waals surface area (Å²) in [6.45, 7) is 1.53. The van der Waals surface area contributed by atoms with Gasteiger partial charge in [0.1, 0.15) is 0 Å². The number of hydrogen-bond donors (Lipinski definition) is 6. The van der Waals surface area contributed by atoms with E-state index in [0.717, 1.165) is 44.6 Å². The van der Waals surface area contributed by atoms with Crippen molar-refractivity contribution in [3.8, 4) is 0 Å². The van der Waals surface area contributed by atoms with E-state index < -0.39 is 49.8 Å². The van der Waals surface area contributed by atoms with Gasteiger partial charge in [-0.25, -0.2) is 4.79 Å². The number of esters is 1. The van der Waals surface area contributed by atoms with E-state index in [0.29, 0.717) is 0 Å². The van der Waals surface area contributed by atoms with Crippen LogP contribution in [-0.2, 0) is 19.1 Å². The highest BCUT2D eigenvalue weighted by atomic mass is 16.5. The highest BCUT2D eigenvalue weighted by Crippen LogP contribution is 2.12. The van der Waals surface area contributed by atoms with Crippen molar-refractivity contribution in [2.24, 2.45) is 5.41 Å². The summed E-state index contributed by atoms with van der Waals surface area (Å²) in [7, 11) is 1.31. The number of carboxylic acid groups (broad SMARTS) is 2. The normalized spacial score (nSPS) is 9.97. The smallest absolute Gasteiger partial charge is 0.329 e. The van der Waals surface area contributed by atoms with Crippen molar-refractivity contribution in [1.29, 1.82) is 0 Å². The molecular formula is C19H36O10. The van der Waals surface area contributed by atoms with E-state index in [-0.39, 0.29) is 12.8 Å². The number of rotatable bonds is 14. The average Bonchev–Trinajstić information content (AvgIpc) is 2.72. The van der Waals surface area contributed by atoms with Crippen molar-refractivity contribution in [2.75, 3.05) is 33.5 Å².